The van der Waals surface area contributed by atoms with E-state index in [0.29, 0.717) is 0 Å². The quantitative estimate of drug-likeness (QED) is 0.625. The van der Waals surface area contributed by atoms with E-state index in [-0.39, 0.29) is 0 Å². The molecule has 0 bridgehead atoms. The highest BCUT2D eigenvalue weighted by Crippen LogP contribution is 2.40. The lowest BCUT2D eigenvalue weighted by molar-refractivity contribution is 1.59. The van der Waals surface area contributed by atoms with E-state index in [1.165, 1.54) is 28.5 Å². The van der Waals surface area contributed by atoms with E-state index in [1.54, 1.807) is 0 Å². The van der Waals surface area contributed by atoms with Crippen LogP contribution in [-0.2, 0) is 0 Å². The number of hydrogen-bond donors (Lipinski definition) is 0. The number of aryl methyl sites for hydroxylation is 2. The van der Waals surface area contributed by atoms with Gasteiger partial charge in [-0.2, -0.15) is 0 Å². The minimum absolute atomic E-state index is 1.21. The molecule has 0 unspecified atom stereocenters. The molecular weight excluding hydrogens is 344 g/mol. The molecule has 0 aliphatic carbocycles. The van der Waals surface area contributed by atoms with E-state index in [0.717, 1.165) is 0 Å². The number of halogens is 2. The van der Waals surface area contributed by atoms with Crippen molar-refractivity contribution in [3.8, 4) is 9.75 Å². The maximum Gasteiger partial charge on any atom is 0.0457 e. The van der Waals surface area contributed by atoms with Gasteiger partial charge in [-0.15, -0.1) is 22.7 Å². The molecule has 0 N–H and O–H groups in total. The fourth-order valence-corrected chi connectivity index (χ4v) is 4.30. The second-order valence-electron chi connectivity index (χ2n) is 3.03. The van der Waals surface area contributed by atoms with Crippen LogP contribution in [0, 0.1) is 13.8 Å². The predicted molar refractivity (Wildman–Crippen MR) is 72.5 cm³/mol. The first kappa shape index (κ1) is 10.9. The van der Waals surface area contributed by atoms with Gasteiger partial charge in [0.1, 0.15) is 0 Å². The van der Waals surface area contributed by atoms with Crippen molar-refractivity contribution in [3.63, 3.8) is 0 Å². The molecule has 0 amide bonds. The molecule has 2 heterocycles. The molecule has 0 aromatic carbocycles. The van der Waals surface area contributed by atoms with Crippen molar-refractivity contribution in [2.24, 2.45) is 0 Å². The van der Waals surface area contributed by atoms with Gasteiger partial charge in [0, 0.05) is 28.5 Å². The summed E-state index contributed by atoms with van der Waals surface area (Å²) in [5.41, 5.74) is 0. The summed E-state index contributed by atoms with van der Waals surface area (Å²) in [6.45, 7) is 4.27. The Morgan fingerprint density at radius 3 is 1.43 bits per heavy atom. The second kappa shape index (κ2) is 4.08. The fourth-order valence-electron chi connectivity index (χ4n) is 1.16. The third-order valence-corrected chi connectivity index (χ3v) is 6.43. The Morgan fingerprint density at radius 2 is 1.21 bits per heavy atom. The van der Waals surface area contributed by atoms with Gasteiger partial charge in [-0.05, 0) is 57.8 Å². The van der Waals surface area contributed by atoms with Gasteiger partial charge in [0.15, 0.2) is 0 Å². The Bertz CT molecular complexity index is 385. The Labute approximate surface area is 108 Å². The average Bonchev–Trinajstić information content (AvgIpc) is 2.60. The van der Waals surface area contributed by atoms with Crippen molar-refractivity contribution < 1.29 is 0 Å². The molecule has 74 valence electrons. The number of hydrogen-bond acceptors (Lipinski definition) is 2. The molecule has 0 spiro atoms. The van der Waals surface area contributed by atoms with E-state index in [4.69, 9.17) is 0 Å². The summed E-state index contributed by atoms with van der Waals surface area (Å²) in [6, 6.07) is 4.38. The zero-order chi connectivity index (χ0) is 10.3. The van der Waals surface area contributed by atoms with Crippen LogP contribution >= 0.6 is 54.5 Å². The first-order valence-corrected chi connectivity index (χ1v) is 7.32. The molecular formula is C10H8Br2S2. The SMILES string of the molecule is Cc1sc(-c2cc(Br)c(C)s2)cc1Br. The van der Waals surface area contributed by atoms with Crippen LogP contribution in [0.2, 0.25) is 0 Å². The van der Waals surface area contributed by atoms with Crippen LogP contribution < -0.4 is 0 Å². The average molecular weight is 352 g/mol. The van der Waals surface area contributed by atoms with Gasteiger partial charge < -0.3 is 0 Å². The second-order valence-corrected chi connectivity index (χ2v) is 7.25. The molecule has 4 heteroatoms. The van der Waals surface area contributed by atoms with E-state index < -0.39 is 0 Å². The molecule has 0 fully saturated rings. The van der Waals surface area contributed by atoms with Crippen molar-refractivity contribution in [2.75, 3.05) is 0 Å². The standard InChI is InChI=1S/C10H8Br2S2/c1-5-7(11)3-9(13-5)10-4-8(12)6(2)14-10/h3-4H,1-2H3. The summed E-state index contributed by atoms with van der Waals surface area (Å²) in [4.78, 5) is 5.35. The van der Waals surface area contributed by atoms with Crippen LogP contribution in [0.5, 0.6) is 0 Å². The number of rotatable bonds is 1. The fraction of sp³-hybridized carbons (Fsp3) is 0.200. The van der Waals surface area contributed by atoms with Crippen LogP contribution in [0.15, 0.2) is 21.1 Å². The topological polar surface area (TPSA) is 0 Å². The van der Waals surface area contributed by atoms with Gasteiger partial charge in [-0.1, -0.05) is 0 Å². The molecule has 0 aliphatic rings. The number of thiophene rings is 2. The molecule has 2 aromatic heterocycles. The van der Waals surface area contributed by atoms with E-state index in [2.05, 4.69) is 57.8 Å². The molecule has 0 aliphatic heterocycles. The van der Waals surface area contributed by atoms with Gasteiger partial charge in [-0.3, -0.25) is 0 Å². The molecule has 0 radical (unpaired) electrons. The lowest BCUT2D eigenvalue weighted by Crippen LogP contribution is -1.57. The van der Waals surface area contributed by atoms with Crippen LogP contribution in [-0.4, -0.2) is 0 Å². The maximum absolute atomic E-state index is 3.54. The van der Waals surface area contributed by atoms with Gasteiger partial charge in [0.25, 0.3) is 0 Å². The van der Waals surface area contributed by atoms with E-state index in [9.17, 15) is 0 Å². The Morgan fingerprint density at radius 1 is 0.857 bits per heavy atom. The van der Waals surface area contributed by atoms with Gasteiger partial charge in [0.2, 0.25) is 0 Å². The molecule has 2 rings (SSSR count). The zero-order valence-electron chi connectivity index (χ0n) is 7.73. The van der Waals surface area contributed by atoms with E-state index >= 15 is 0 Å². The third-order valence-electron chi connectivity index (χ3n) is 1.96. The smallest absolute Gasteiger partial charge is 0.0457 e. The summed E-state index contributed by atoms with van der Waals surface area (Å²) in [6.07, 6.45) is 0. The molecule has 0 nitrogen and oxygen atoms in total. The normalized spacial score (nSPS) is 10.9. The lowest BCUT2D eigenvalue weighted by Gasteiger charge is -1.86. The Kier molecular flexibility index (Phi) is 3.17. The summed E-state index contributed by atoms with van der Waals surface area (Å²) in [5.74, 6) is 0. The highest BCUT2D eigenvalue weighted by molar-refractivity contribution is 9.11. The van der Waals surface area contributed by atoms with Crippen LogP contribution in [0.25, 0.3) is 9.75 Å². The first-order chi connectivity index (χ1) is 6.58. The minimum atomic E-state index is 1.21. The molecule has 0 saturated heterocycles. The summed E-state index contributed by atoms with van der Waals surface area (Å²) in [7, 11) is 0. The van der Waals surface area contributed by atoms with Crippen molar-refractivity contribution in [2.45, 2.75) is 13.8 Å². The zero-order valence-corrected chi connectivity index (χ0v) is 12.5. The Hall–Kier alpha value is 0.360. The highest BCUT2D eigenvalue weighted by atomic mass is 79.9. The molecule has 0 atom stereocenters. The monoisotopic (exact) mass is 350 g/mol. The summed E-state index contributed by atoms with van der Waals surface area (Å²) in [5, 5.41) is 0. The van der Waals surface area contributed by atoms with E-state index in [1.807, 2.05) is 22.7 Å². The van der Waals surface area contributed by atoms with Crippen LogP contribution in [0.4, 0.5) is 0 Å². The summed E-state index contributed by atoms with van der Waals surface area (Å²) >= 11 is 10.7. The predicted octanol–water partition coefficient (Wildman–Crippen LogP) is 5.62. The van der Waals surface area contributed by atoms with Crippen molar-refractivity contribution in [1.29, 1.82) is 0 Å². The van der Waals surface area contributed by atoms with Gasteiger partial charge in [0.05, 0.1) is 0 Å². The third kappa shape index (κ3) is 1.98. The maximum atomic E-state index is 3.54. The lowest BCUT2D eigenvalue weighted by atomic mass is 10.3. The van der Waals surface area contributed by atoms with Crippen molar-refractivity contribution >= 4 is 54.5 Å². The minimum Gasteiger partial charge on any atom is -0.139 e. The Balaban J connectivity index is 2.49. The van der Waals surface area contributed by atoms with Crippen LogP contribution in [0.3, 0.4) is 0 Å². The first-order valence-electron chi connectivity index (χ1n) is 4.10. The molecule has 14 heavy (non-hydrogen) atoms. The largest absolute Gasteiger partial charge is 0.139 e. The van der Waals surface area contributed by atoms with Gasteiger partial charge in [-0.25, -0.2) is 0 Å². The van der Waals surface area contributed by atoms with Crippen LogP contribution in [0.1, 0.15) is 9.75 Å². The molecule has 0 saturated carbocycles. The summed E-state index contributed by atoms with van der Waals surface area (Å²) < 4.78 is 2.42. The molecule has 2 aromatic rings. The van der Waals surface area contributed by atoms with Gasteiger partial charge >= 0.3 is 0 Å². The van der Waals surface area contributed by atoms with Crippen molar-refractivity contribution in [3.05, 3.63) is 30.8 Å². The van der Waals surface area contributed by atoms with Crippen molar-refractivity contribution in [1.82, 2.24) is 0 Å². The highest BCUT2D eigenvalue weighted by Gasteiger charge is 2.09.